The van der Waals surface area contributed by atoms with E-state index in [1.807, 2.05) is 0 Å². The minimum Gasteiger partial charge on any atom is -0.381 e. The van der Waals surface area contributed by atoms with Gasteiger partial charge in [0.15, 0.2) is 0 Å². The maximum absolute atomic E-state index is 6.90. The normalized spacial score (nSPS) is 46.2. The molecule has 2 heteroatoms. The van der Waals surface area contributed by atoms with Gasteiger partial charge in [0.05, 0.1) is 14.2 Å². The Balaban J connectivity index is 1.30. The lowest BCUT2D eigenvalue weighted by Crippen LogP contribution is -2.54. The van der Waals surface area contributed by atoms with Crippen LogP contribution < -0.4 is 0 Å². The van der Waals surface area contributed by atoms with Crippen LogP contribution in [0.5, 0.6) is 0 Å². The zero-order chi connectivity index (χ0) is 39.2. The number of fused-ring (bicyclic) bond motifs is 2. The van der Waals surface area contributed by atoms with Crippen molar-refractivity contribution in [2.45, 2.75) is 211 Å². The minimum atomic E-state index is -1.62. The summed E-state index contributed by atoms with van der Waals surface area (Å²) >= 11 is 0. The van der Waals surface area contributed by atoms with Crippen LogP contribution in [0.15, 0.2) is 0 Å². The Labute approximate surface area is 333 Å². The lowest BCUT2D eigenvalue weighted by atomic mass is 9.52. The van der Waals surface area contributed by atoms with Crippen LogP contribution in [0.4, 0.5) is 0 Å². The van der Waals surface area contributed by atoms with Crippen molar-refractivity contribution in [3.8, 4) is 0 Å². The summed E-state index contributed by atoms with van der Waals surface area (Å²) in [5, 5.41) is 0. The second kappa shape index (κ2) is 15.1. The first-order valence-corrected chi connectivity index (χ1v) is 27.0. The monoisotopic (exact) mass is 751 g/mol. The highest BCUT2D eigenvalue weighted by molar-refractivity contribution is 6.80. The van der Waals surface area contributed by atoms with Crippen LogP contribution in [0.1, 0.15) is 180 Å². The van der Waals surface area contributed by atoms with Gasteiger partial charge in [-0.1, -0.05) is 123 Å². The molecule has 1 nitrogen and oxygen atoms in total. The summed E-state index contributed by atoms with van der Waals surface area (Å²) in [5.74, 6) is 12.5. The molecule has 14 atom stereocenters. The van der Waals surface area contributed by atoms with Crippen molar-refractivity contribution in [3.63, 3.8) is 0 Å². The standard InChI is InChI=1S/C51H94OSi/c1-31-25-40-38(33-21-23-35(24-22-33)48(3,4)5)19-18-20-39(40)46(31)53(16,17)47-32(2)26-41-42(47)30-43(51(12,13)14)45(52-15)44(41)34-27-36(49(6,7)8)29-37(28-34)50(9,10)11/h31-47H,18-30H2,1-17H3/t31?,32?,33?,34?,35?,36?,37?,38-,39?,40?,41?,42?,43?,44-,45?,46?,47?/m1/s1. The van der Waals surface area contributed by atoms with Crippen molar-refractivity contribution in [2.24, 2.45) is 105 Å². The Bertz CT molecular complexity index is 1190. The van der Waals surface area contributed by atoms with Gasteiger partial charge in [-0.05, 0) is 186 Å². The number of hydrogen-bond donors (Lipinski definition) is 0. The fraction of sp³-hybridized carbons (Fsp3) is 1.00. The van der Waals surface area contributed by atoms with E-state index in [4.69, 9.17) is 4.74 Å². The minimum absolute atomic E-state index is 0.280. The van der Waals surface area contributed by atoms with Crippen LogP contribution in [0.3, 0.4) is 0 Å². The van der Waals surface area contributed by atoms with Gasteiger partial charge in [-0.2, -0.15) is 0 Å². The lowest BCUT2D eigenvalue weighted by molar-refractivity contribution is -0.128. The first-order valence-electron chi connectivity index (χ1n) is 23.9. The van der Waals surface area contributed by atoms with Gasteiger partial charge < -0.3 is 4.74 Å². The molecule has 0 saturated heterocycles. The van der Waals surface area contributed by atoms with Gasteiger partial charge in [0.25, 0.3) is 0 Å². The van der Waals surface area contributed by atoms with Crippen molar-refractivity contribution >= 4 is 8.07 Å². The zero-order valence-electron chi connectivity index (χ0n) is 38.9. The summed E-state index contributed by atoms with van der Waals surface area (Å²) in [7, 11) is 0.495. The largest absolute Gasteiger partial charge is 0.381 e. The van der Waals surface area contributed by atoms with E-state index >= 15 is 0 Å². The SMILES string of the molecule is COC1C(C(C)(C)C)CC2C(CC(C)C2[Si](C)(C)C2C(C)CC3C2CCC[C@@H]3C2CCC(C(C)(C)C)CC2)[C@H]1C1CC(C(C)(C)C)CC(C(C)(C)C)C1. The molecule has 0 heterocycles. The Hall–Kier alpha value is 0.177. The summed E-state index contributed by atoms with van der Waals surface area (Å²) in [4.78, 5) is 0. The Morgan fingerprint density at radius 1 is 0.453 bits per heavy atom. The van der Waals surface area contributed by atoms with Crippen LogP contribution in [0, 0.1) is 105 Å². The van der Waals surface area contributed by atoms with Crippen molar-refractivity contribution in [3.05, 3.63) is 0 Å². The van der Waals surface area contributed by atoms with E-state index in [1.165, 1.54) is 64.2 Å². The van der Waals surface area contributed by atoms with Gasteiger partial charge in [0.2, 0.25) is 0 Å². The second-order valence-electron chi connectivity index (χ2n) is 26.6. The highest BCUT2D eigenvalue weighted by Gasteiger charge is 2.63. The van der Waals surface area contributed by atoms with E-state index in [0.29, 0.717) is 28.3 Å². The van der Waals surface area contributed by atoms with Gasteiger partial charge in [0, 0.05) is 7.11 Å². The van der Waals surface area contributed by atoms with Crippen LogP contribution in [-0.4, -0.2) is 21.3 Å². The summed E-state index contributed by atoms with van der Waals surface area (Å²) in [6.45, 7) is 42.1. The molecule has 0 aromatic rings. The van der Waals surface area contributed by atoms with E-state index in [-0.39, 0.29) is 5.41 Å². The molecule has 6 fully saturated rings. The molecular weight excluding hydrogens is 657 g/mol. The van der Waals surface area contributed by atoms with E-state index in [9.17, 15) is 0 Å². The third-order valence-electron chi connectivity index (χ3n) is 19.4. The third-order valence-corrected chi connectivity index (χ3v) is 24.8. The topological polar surface area (TPSA) is 9.23 Å². The maximum Gasteiger partial charge on any atom is 0.0638 e. The molecule has 0 spiro atoms. The van der Waals surface area contributed by atoms with Crippen LogP contribution in [0.2, 0.25) is 24.2 Å². The lowest BCUT2D eigenvalue weighted by Gasteiger charge is -2.57. The highest BCUT2D eigenvalue weighted by Crippen LogP contribution is 2.69. The molecule has 0 N–H and O–H groups in total. The van der Waals surface area contributed by atoms with Crippen molar-refractivity contribution in [1.82, 2.24) is 0 Å². The molecule has 0 aromatic heterocycles. The molecular formula is C51H94OSi. The molecule has 6 rings (SSSR count). The van der Waals surface area contributed by atoms with Gasteiger partial charge in [0.1, 0.15) is 0 Å². The van der Waals surface area contributed by atoms with Gasteiger partial charge in [-0.15, -0.1) is 0 Å². The fourth-order valence-electron chi connectivity index (χ4n) is 16.9. The Morgan fingerprint density at radius 3 is 1.43 bits per heavy atom. The van der Waals surface area contributed by atoms with E-state index in [0.717, 1.165) is 88.0 Å². The molecule has 0 amide bonds. The maximum atomic E-state index is 6.90. The van der Waals surface area contributed by atoms with Crippen molar-refractivity contribution in [2.75, 3.05) is 7.11 Å². The first kappa shape index (κ1) is 42.8. The molecule has 0 radical (unpaired) electrons. The molecule has 308 valence electrons. The Morgan fingerprint density at radius 2 is 0.943 bits per heavy atom. The quantitative estimate of drug-likeness (QED) is 0.254. The molecule has 0 aromatic carbocycles. The molecule has 0 aliphatic heterocycles. The predicted molar refractivity (Wildman–Crippen MR) is 234 cm³/mol. The molecule has 53 heavy (non-hydrogen) atoms. The van der Waals surface area contributed by atoms with Gasteiger partial charge in [-0.25, -0.2) is 0 Å². The zero-order valence-corrected chi connectivity index (χ0v) is 39.9. The average molecular weight is 751 g/mol. The highest BCUT2D eigenvalue weighted by atomic mass is 28.3. The average Bonchev–Trinajstić information content (AvgIpc) is 3.57. The predicted octanol–water partition coefficient (Wildman–Crippen LogP) is 15.5. The second-order valence-corrected chi connectivity index (χ2v) is 31.6. The van der Waals surface area contributed by atoms with Crippen LogP contribution in [0.25, 0.3) is 0 Å². The summed E-state index contributed by atoms with van der Waals surface area (Å²) in [6.07, 6.45) is 19.9. The van der Waals surface area contributed by atoms with Gasteiger partial charge >= 0.3 is 0 Å². The smallest absolute Gasteiger partial charge is 0.0638 e. The fourth-order valence-corrected chi connectivity index (χ4v) is 23.6. The number of hydrogen-bond acceptors (Lipinski definition) is 1. The summed E-state index contributed by atoms with van der Waals surface area (Å²) in [5.41, 5.74) is 3.53. The van der Waals surface area contributed by atoms with Crippen LogP contribution >= 0.6 is 0 Å². The number of methoxy groups -OCH3 is 1. The van der Waals surface area contributed by atoms with E-state index in [2.05, 4.69) is 117 Å². The first-order chi connectivity index (χ1) is 24.4. The Kier molecular flexibility index (Phi) is 12.2. The molecule has 6 aliphatic rings. The van der Waals surface area contributed by atoms with Gasteiger partial charge in [-0.3, -0.25) is 0 Å². The molecule has 6 saturated carbocycles. The van der Waals surface area contributed by atoms with Crippen LogP contribution in [-0.2, 0) is 4.74 Å². The van der Waals surface area contributed by atoms with Crippen molar-refractivity contribution in [1.29, 1.82) is 0 Å². The van der Waals surface area contributed by atoms with Crippen molar-refractivity contribution < 1.29 is 4.74 Å². The molecule has 0 bridgehead atoms. The van der Waals surface area contributed by atoms with E-state index in [1.54, 1.807) is 19.3 Å². The summed E-state index contributed by atoms with van der Waals surface area (Å²) in [6, 6.07) is 0. The van der Waals surface area contributed by atoms with E-state index < -0.39 is 8.07 Å². The third kappa shape index (κ3) is 8.25. The molecule has 12 unspecified atom stereocenters. The number of ether oxygens (including phenoxy) is 1. The molecule has 6 aliphatic carbocycles. The summed E-state index contributed by atoms with van der Waals surface area (Å²) < 4.78 is 6.90. The number of rotatable bonds is 5.